The van der Waals surface area contributed by atoms with Gasteiger partial charge in [0, 0.05) is 11.4 Å². The van der Waals surface area contributed by atoms with Gasteiger partial charge in [0.25, 0.3) is 0 Å². The summed E-state index contributed by atoms with van der Waals surface area (Å²) >= 11 is 3.43. The average molecular weight is 431 g/mol. The second-order valence-corrected chi connectivity index (χ2v) is 8.19. The predicted octanol–water partition coefficient (Wildman–Crippen LogP) is 8.13. The summed E-state index contributed by atoms with van der Waals surface area (Å²) in [4.78, 5) is 12.0. The lowest BCUT2D eigenvalue weighted by molar-refractivity contribution is -0.137. The van der Waals surface area contributed by atoms with Crippen LogP contribution < -0.4 is 0 Å². The number of rotatable bonds is 19. The fourth-order valence-corrected chi connectivity index (χ4v) is 3.51. The zero-order valence-corrected chi connectivity index (χ0v) is 19.1. The molecule has 0 fully saturated rings. The Balaban J connectivity index is 4.02. The number of alkyl halides is 1. The van der Waals surface area contributed by atoms with Crippen molar-refractivity contribution in [1.29, 1.82) is 0 Å². The molecule has 0 bridgehead atoms. The highest BCUT2D eigenvalue weighted by atomic mass is 79.9. The third kappa shape index (κ3) is 18.5. The largest absolute Gasteiger partial charge is 0.463 e. The molecular weight excluding hydrogens is 388 g/mol. The normalized spacial score (nSPS) is 11.7. The second-order valence-electron chi connectivity index (χ2n) is 7.40. The van der Waals surface area contributed by atoms with E-state index in [2.05, 4.69) is 29.8 Å². The number of hydrogen-bond donors (Lipinski definition) is 0. The van der Waals surface area contributed by atoms with Gasteiger partial charge >= 0.3 is 5.97 Å². The van der Waals surface area contributed by atoms with Gasteiger partial charge < -0.3 is 4.74 Å². The number of carbonyl (C=O) groups excluding carboxylic acids is 1. The third-order valence-electron chi connectivity index (χ3n) is 4.80. The van der Waals surface area contributed by atoms with E-state index in [9.17, 15) is 4.79 Å². The highest BCUT2D eigenvalue weighted by Gasteiger charge is 2.04. The summed E-state index contributed by atoms with van der Waals surface area (Å²) in [5.74, 6) is -0.130. The van der Waals surface area contributed by atoms with Crippen molar-refractivity contribution in [3.05, 3.63) is 11.6 Å². The van der Waals surface area contributed by atoms with Gasteiger partial charge in [-0.2, -0.15) is 0 Å². The number of allylic oxidation sites excluding steroid dienone is 1. The molecule has 154 valence electrons. The van der Waals surface area contributed by atoms with Crippen molar-refractivity contribution in [1.82, 2.24) is 0 Å². The van der Waals surface area contributed by atoms with Gasteiger partial charge in [-0.15, -0.1) is 0 Å². The summed E-state index contributed by atoms with van der Waals surface area (Å²) in [6.45, 7) is 5.05. The number of carbonyl (C=O) groups is 1. The number of esters is 1. The van der Waals surface area contributed by atoms with Crippen LogP contribution in [0.2, 0.25) is 0 Å². The van der Waals surface area contributed by atoms with Crippen molar-refractivity contribution in [2.45, 2.75) is 117 Å². The van der Waals surface area contributed by atoms with Gasteiger partial charge in [0.1, 0.15) is 0 Å². The van der Waals surface area contributed by atoms with E-state index in [4.69, 9.17) is 4.74 Å². The lowest BCUT2D eigenvalue weighted by atomic mass is 10.00. The maximum atomic E-state index is 12.0. The fourth-order valence-electron chi connectivity index (χ4n) is 3.11. The van der Waals surface area contributed by atoms with Gasteiger partial charge in [0.05, 0.1) is 6.61 Å². The molecule has 0 aromatic heterocycles. The Hall–Kier alpha value is -0.310. The standard InChI is InChI=1S/C23H43BrO2/c1-3-5-7-8-9-10-11-14-18-22(17-13-6-4-2)21-23(25)26-20-16-12-15-19-24/h21H,3-20H2,1-2H3/b22-21-. The molecule has 0 aliphatic rings. The molecule has 0 aliphatic heterocycles. The number of unbranched alkanes of at least 4 members (excludes halogenated alkanes) is 11. The Kier molecular flexibility index (Phi) is 20.7. The van der Waals surface area contributed by atoms with E-state index in [1.54, 1.807) is 6.08 Å². The van der Waals surface area contributed by atoms with Crippen molar-refractivity contribution in [2.75, 3.05) is 11.9 Å². The van der Waals surface area contributed by atoms with Crippen LogP contribution in [-0.2, 0) is 9.53 Å². The van der Waals surface area contributed by atoms with Crippen LogP contribution in [0.15, 0.2) is 11.6 Å². The first-order valence-corrected chi connectivity index (χ1v) is 12.3. The Morgan fingerprint density at radius 1 is 0.731 bits per heavy atom. The van der Waals surface area contributed by atoms with Crippen molar-refractivity contribution in [2.24, 2.45) is 0 Å². The first-order valence-electron chi connectivity index (χ1n) is 11.2. The van der Waals surface area contributed by atoms with Gasteiger partial charge in [0.2, 0.25) is 0 Å². The fraction of sp³-hybridized carbons (Fsp3) is 0.870. The molecule has 0 aromatic carbocycles. The molecule has 0 heterocycles. The first kappa shape index (κ1) is 25.7. The zero-order valence-electron chi connectivity index (χ0n) is 17.5. The quantitative estimate of drug-likeness (QED) is 0.0893. The minimum absolute atomic E-state index is 0.130. The highest BCUT2D eigenvalue weighted by Crippen LogP contribution is 2.18. The molecule has 26 heavy (non-hydrogen) atoms. The molecule has 0 saturated heterocycles. The summed E-state index contributed by atoms with van der Waals surface area (Å²) < 4.78 is 5.38. The molecule has 0 unspecified atom stereocenters. The molecule has 0 amide bonds. The van der Waals surface area contributed by atoms with Crippen LogP contribution in [0.1, 0.15) is 117 Å². The van der Waals surface area contributed by atoms with Crippen LogP contribution in [-0.4, -0.2) is 17.9 Å². The minimum atomic E-state index is -0.130. The summed E-state index contributed by atoms with van der Waals surface area (Å²) in [5, 5.41) is 1.03. The summed E-state index contributed by atoms with van der Waals surface area (Å²) in [6, 6.07) is 0. The van der Waals surface area contributed by atoms with Gasteiger partial charge in [0.15, 0.2) is 0 Å². The predicted molar refractivity (Wildman–Crippen MR) is 118 cm³/mol. The van der Waals surface area contributed by atoms with Crippen LogP contribution in [0, 0.1) is 0 Å². The van der Waals surface area contributed by atoms with E-state index in [1.807, 2.05) is 0 Å². The SMILES string of the molecule is CCCCCCCCCC/C(=C\C(=O)OCCCCCBr)CCCCC. The number of ether oxygens (including phenoxy) is 1. The van der Waals surface area contributed by atoms with E-state index in [0.717, 1.165) is 37.4 Å². The average Bonchev–Trinajstić information content (AvgIpc) is 2.63. The number of hydrogen-bond acceptors (Lipinski definition) is 2. The van der Waals surface area contributed by atoms with Crippen LogP contribution in [0.5, 0.6) is 0 Å². The molecular formula is C23H43BrO2. The van der Waals surface area contributed by atoms with E-state index in [0.29, 0.717) is 6.61 Å². The van der Waals surface area contributed by atoms with Crippen LogP contribution in [0.3, 0.4) is 0 Å². The third-order valence-corrected chi connectivity index (χ3v) is 5.36. The smallest absolute Gasteiger partial charge is 0.330 e. The van der Waals surface area contributed by atoms with E-state index >= 15 is 0 Å². The summed E-state index contributed by atoms with van der Waals surface area (Å²) in [7, 11) is 0. The molecule has 0 radical (unpaired) electrons. The van der Waals surface area contributed by atoms with Gasteiger partial charge in [-0.25, -0.2) is 4.79 Å². The molecule has 3 heteroatoms. The molecule has 0 rings (SSSR count). The minimum Gasteiger partial charge on any atom is -0.463 e. The van der Waals surface area contributed by atoms with Crippen LogP contribution in [0.4, 0.5) is 0 Å². The van der Waals surface area contributed by atoms with Crippen molar-refractivity contribution < 1.29 is 9.53 Å². The Labute approximate surface area is 171 Å². The van der Waals surface area contributed by atoms with Crippen molar-refractivity contribution in [3.8, 4) is 0 Å². The Morgan fingerprint density at radius 3 is 1.85 bits per heavy atom. The van der Waals surface area contributed by atoms with Gasteiger partial charge in [-0.3, -0.25) is 0 Å². The molecule has 0 aliphatic carbocycles. The monoisotopic (exact) mass is 430 g/mol. The molecule has 0 atom stereocenters. The lowest BCUT2D eigenvalue weighted by Crippen LogP contribution is -2.04. The van der Waals surface area contributed by atoms with E-state index < -0.39 is 0 Å². The van der Waals surface area contributed by atoms with Gasteiger partial charge in [-0.1, -0.05) is 93.1 Å². The van der Waals surface area contributed by atoms with Gasteiger partial charge in [-0.05, 0) is 44.9 Å². The zero-order chi connectivity index (χ0) is 19.3. The molecule has 0 N–H and O–H groups in total. The molecule has 0 saturated carbocycles. The topological polar surface area (TPSA) is 26.3 Å². The summed E-state index contributed by atoms with van der Waals surface area (Å²) in [5.41, 5.74) is 1.30. The van der Waals surface area contributed by atoms with Crippen LogP contribution >= 0.6 is 15.9 Å². The molecule has 2 nitrogen and oxygen atoms in total. The number of halogens is 1. The molecule has 0 spiro atoms. The first-order chi connectivity index (χ1) is 12.7. The molecule has 0 aromatic rings. The van der Waals surface area contributed by atoms with E-state index in [1.165, 1.54) is 76.2 Å². The second kappa shape index (κ2) is 21.0. The summed E-state index contributed by atoms with van der Waals surface area (Å²) in [6.07, 6.45) is 21.5. The van der Waals surface area contributed by atoms with Crippen molar-refractivity contribution >= 4 is 21.9 Å². The lowest BCUT2D eigenvalue weighted by Gasteiger charge is -2.08. The maximum absolute atomic E-state index is 12.0. The van der Waals surface area contributed by atoms with Crippen molar-refractivity contribution in [3.63, 3.8) is 0 Å². The Morgan fingerprint density at radius 2 is 1.23 bits per heavy atom. The maximum Gasteiger partial charge on any atom is 0.330 e. The Bertz CT molecular complexity index is 339. The van der Waals surface area contributed by atoms with E-state index in [-0.39, 0.29) is 5.97 Å². The highest BCUT2D eigenvalue weighted by molar-refractivity contribution is 9.09. The van der Waals surface area contributed by atoms with Crippen LogP contribution in [0.25, 0.3) is 0 Å².